The van der Waals surface area contributed by atoms with Gasteiger partial charge in [-0.15, -0.1) is 0 Å². The average molecular weight is 427 g/mol. The number of nitrogens with one attached hydrogen (secondary N) is 2. The molecule has 0 radical (unpaired) electrons. The molecule has 0 aliphatic heterocycles. The van der Waals surface area contributed by atoms with E-state index in [1.54, 1.807) is 26.1 Å². The van der Waals surface area contributed by atoms with Gasteiger partial charge in [0.2, 0.25) is 5.91 Å². The lowest BCUT2D eigenvalue weighted by atomic mass is 9.80. The van der Waals surface area contributed by atoms with E-state index in [2.05, 4.69) is 24.5 Å². The molecule has 1 aliphatic rings. The number of rotatable bonds is 8. The number of carbonyl (C=O) groups is 3. The fraction of sp³-hybridized carbons (Fsp3) is 0.500. The first-order valence-electron chi connectivity index (χ1n) is 11.3. The molecule has 1 amide bonds. The van der Waals surface area contributed by atoms with E-state index >= 15 is 0 Å². The Labute approximate surface area is 187 Å². The van der Waals surface area contributed by atoms with Gasteiger partial charge in [0.25, 0.3) is 0 Å². The minimum Gasteiger partial charge on any atom is -0.375 e. The second-order valence-corrected chi connectivity index (χ2v) is 7.98. The second kappa shape index (κ2) is 14.3. The van der Waals surface area contributed by atoms with Gasteiger partial charge in [0.1, 0.15) is 12.1 Å². The van der Waals surface area contributed by atoms with Crippen molar-refractivity contribution in [3.05, 3.63) is 58.9 Å². The maximum Gasteiger partial charge on any atom is 0.228 e. The Morgan fingerprint density at radius 1 is 1.10 bits per heavy atom. The summed E-state index contributed by atoms with van der Waals surface area (Å²) in [6.45, 7) is 7.96. The van der Waals surface area contributed by atoms with Crippen molar-refractivity contribution in [2.24, 2.45) is 11.8 Å². The summed E-state index contributed by atoms with van der Waals surface area (Å²) >= 11 is 0. The van der Waals surface area contributed by atoms with Crippen molar-refractivity contribution in [1.29, 1.82) is 0 Å². The van der Waals surface area contributed by atoms with Crippen LogP contribution in [-0.2, 0) is 16.0 Å². The Morgan fingerprint density at radius 3 is 2.26 bits per heavy atom. The Balaban J connectivity index is 0.000000343. The van der Waals surface area contributed by atoms with E-state index in [0.717, 1.165) is 43.6 Å². The molecule has 1 aliphatic carbocycles. The second-order valence-electron chi connectivity index (χ2n) is 7.98. The van der Waals surface area contributed by atoms with E-state index in [-0.39, 0.29) is 17.6 Å². The fourth-order valence-corrected chi connectivity index (χ4v) is 3.95. The molecule has 2 rings (SSSR count). The van der Waals surface area contributed by atoms with Crippen molar-refractivity contribution in [3.8, 4) is 0 Å². The minimum atomic E-state index is 0.0784. The molecule has 0 spiro atoms. The summed E-state index contributed by atoms with van der Waals surface area (Å²) in [7, 11) is 1.74. The quantitative estimate of drug-likeness (QED) is 0.268. The Kier molecular flexibility index (Phi) is 12.2. The van der Waals surface area contributed by atoms with Crippen LogP contribution in [0, 0.1) is 18.8 Å². The first kappa shape index (κ1) is 26.3. The third-order valence-electron chi connectivity index (χ3n) is 5.92. The molecule has 2 N–H and O–H groups in total. The molecule has 170 valence electrons. The lowest BCUT2D eigenvalue weighted by Crippen LogP contribution is -2.36. The van der Waals surface area contributed by atoms with Crippen LogP contribution >= 0.6 is 0 Å². The molecule has 1 aromatic carbocycles. The Hall–Kier alpha value is -2.69. The van der Waals surface area contributed by atoms with Crippen LogP contribution in [0.5, 0.6) is 0 Å². The zero-order valence-electron chi connectivity index (χ0n) is 19.7. The standard InChI is InChI=1S/C15H24N2O2.C11H14O/c1-3-12-7-9-13(10-8-12)15(19)17-14(16-2)6-4-5-11-18;1-4-10-8(2)6-5-7-11(10)9(3)12/h4-6,11-13,16H,3,7-10H2,1-2H3,(H,17,19);5-7H,4H2,1-3H3/b5-4-,14-6+;. The van der Waals surface area contributed by atoms with Gasteiger partial charge in [-0.2, -0.15) is 0 Å². The molecule has 0 atom stereocenters. The maximum atomic E-state index is 12.1. The minimum absolute atomic E-state index is 0.0784. The molecule has 0 bridgehead atoms. The van der Waals surface area contributed by atoms with E-state index in [1.807, 2.05) is 25.1 Å². The van der Waals surface area contributed by atoms with Crippen molar-refractivity contribution < 1.29 is 14.4 Å². The van der Waals surface area contributed by atoms with Crippen LogP contribution in [0.1, 0.15) is 74.4 Å². The van der Waals surface area contributed by atoms with Crippen LogP contribution in [-0.4, -0.2) is 25.0 Å². The first-order chi connectivity index (χ1) is 14.9. The topological polar surface area (TPSA) is 75.3 Å². The van der Waals surface area contributed by atoms with Gasteiger partial charge in [-0.3, -0.25) is 14.4 Å². The molecule has 0 aromatic heterocycles. The van der Waals surface area contributed by atoms with Crippen LogP contribution in [0.4, 0.5) is 0 Å². The monoisotopic (exact) mass is 426 g/mol. The number of hydrogen-bond acceptors (Lipinski definition) is 4. The lowest BCUT2D eigenvalue weighted by molar-refractivity contribution is -0.125. The molecule has 0 unspecified atom stereocenters. The predicted molar refractivity (Wildman–Crippen MR) is 127 cm³/mol. The molecule has 31 heavy (non-hydrogen) atoms. The smallest absolute Gasteiger partial charge is 0.228 e. The summed E-state index contributed by atoms with van der Waals surface area (Å²) in [4.78, 5) is 33.5. The molecule has 1 fully saturated rings. The number of aryl methyl sites for hydroxylation is 1. The highest BCUT2D eigenvalue weighted by Crippen LogP contribution is 2.30. The lowest BCUT2D eigenvalue weighted by Gasteiger charge is -2.27. The van der Waals surface area contributed by atoms with E-state index in [4.69, 9.17) is 0 Å². The fourth-order valence-electron chi connectivity index (χ4n) is 3.95. The van der Waals surface area contributed by atoms with E-state index in [9.17, 15) is 14.4 Å². The highest BCUT2D eigenvalue weighted by Gasteiger charge is 2.25. The highest BCUT2D eigenvalue weighted by atomic mass is 16.2. The normalized spacial score (nSPS) is 18.7. The third-order valence-corrected chi connectivity index (χ3v) is 5.92. The van der Waals surface area contributed by atoms with Gasteiger partial charge >= 0.3 is 0 Å². The summed E-state index contributed by atoms with van der Waals surface area (Å²) in [5, 5.41) is 5.78. The largest absolute Gasteiger partial charge is 0.375 e. The van der Waals surface area contributed by atoms with Crippen molar-refractivity contribution in [2.45, 2.75) is 66.2 Å². The molecule has 0 saturated heterocycles. The van der Waals surface area contributed by atoms with Crippen LogP contribution in [0.3, 0.4) is 0 Å². The third kappa shape index (κ3) is 8.91. The summed E-state index contributed by atoms with van der Waals surface area (Å²) < 4.78 is 0. The number of carbonyl (C=O) groups excluding carboxylic acids is 3. The van der Waals surface area contributed by atoms with Gasteiger partial charge in [0, 0.05) is 18.5 Å². The first-order valence-corrected chi connectivity index (χ1v) is 11.3. The van der Waals surface area contributed by atoms with Crippen molar-refractivity contribution in [3.63, 3.8) is 0 Å². The number of amides is 1. The van der Waals surface area contributed by atoms with Crippen molar-refractivity contribution >= 4 is 18.0 Å². The number of benzene rings is 1. The summed E-state index contributed by atoms with van der Waals surface area (Å²) in [6.07, 6.45) is 11.8. The van der Waals surface area contributed by atoms with Crippen molar-refractivity contribution in [1.82, 2.24) is 10.6 Å². The number of Topliss-reactive ketones (excluding diaryl/α,β-unsaturated/α-hetero) is 1. The number of hydrogen-bond donors (Lipinski definition) is 2. The number of ketones is 1. The van der Waals surface area contributed by atoms with Crippen LogP contribution in [0.25, 0.3) is 0 Å². The maximum absolute atomic E-state index is 12.1. The molecular weight excluding hydrogens is 388 g/mol. The Bertz CT molecular complexity index is 788. The number of allylic oxidation sites excluding steroid dienone is 3. The predicted octanol–water partition coefficient (Wildman–Crippen LogP) is 4.89. The highest BCUT2D eigenvalue weighted by molar-refractivity contribution is 5.95. The van der Waals surface area contributed by atoms with Gasteiger partial charge in [0.05, 0.1) is 0 Å². The molecular formula is C26H38N2O3. The van der Waals surface area contributed by atoms with E-state index in [0.29, 0.717) is 12.1 Å². The Morgan fingerprint density at radius 2 is 1.77 bits per heavy atom. The summed E-state index contributed by atoms with van der Waals surface area (Å²) in [5.41, 5.74) is 3.27. The molecule has 5 nitrogen and oxygen atoms in total. The number of aldehydes is 1. The van der Waals surface area contributed by atoms with Gasteiger partial charge in [-0.25, -0.2) is 0 Å². The van der Waals surface area contributed by atoms with E-state index in [1.165, 1.54) is 23.6 Å². The zero-order chi connectivity index (χ0) is 23.2. The van der Waals surface area contributed by atoms with Gasteiger partial charge in [0.15, 0.2) is 5.78 Å². The average Bonchev–Trinajstić information content (AvgIpc) is 2.78. The van der Waals surface area contributed by atoms with Crippen LogP contribution < -0.4 is 10.6 Å². The van der Waals surface area contributed by atoms with Gasteiger partial charge in [-0.05, 0) is 75.1 Å². The van der Waals surface area contributed by atoms with Crippen molar-refractivity contribution in [2.75, 3.05) is 7.05 Å². The summed E-state index contributed by atoms with van der Waals surface area (Å²) in [6, 6.07) is 5.88. The SMILES string of the molecule is CCC1CCC(C(=O)N/C(=C/C=C\C=O)NC)CC1.CCc1c(C)cccc1C(C)=O. The molecule has 1 aromatic rings. The van der Waals surface area contributed by atoms with Crippen LogP contribution in [0.2, 0.25) is 0 Å². The summed E-state index contributed by atoms with van der Waals surface area (Å²) in [5.74, 6) is 1.78. The van der Waals surface area contributed by atoms with E-state index < -0.39 is 0 Å². The van der Waals surface area contributed by atoms with Crippen LogP contribution in [0.15, 0.2) is 42.2 Å². The molecule has 0 heterocycles. The molecule has 1 saturated carbocycles. The zero-order valence-corrected chi connectivity index (χ0v) is 19.7. The molecule has 5 heteroatoms. The van der Waals surface area contributed by atoms with Gasteiger partial charge in [-0.1, -0.05) is 44.5 Å². The van der Waals surface area contributed by atoms with Gasteiger partial charge < -0.3 is 10.6 Å².